The van der Waals surface area contributed by atoms with E-state index in [4.69, 9.17) is 9.52 Å². The summed E-state index contributed by atoms with van der Waals surface area (Å²) in [5.74, 6) is 0.636. The summed E-state index contributed by atoms with van der Waals surface area (Å²) in [5.41, 5.74) is 2.20. The van der Waals surface area contributed by atoms with E-state index in [-0.39, 0.29) is 18.1 Å². The van der Waals surface area contributed by atoms with Gasteiger partial charge in [-0.05, 0) is 47.9 Å². The van der Waals surface area contributed by atoms with Crippen LogP contribution in [0.2, 0.25) is 0 Å². The van der Waals surface area contributed by atoms with E-state index in [9.17, 15) is 22.8 Å². The summed E-state index contributed by atoms with van der Waals surface area (Å²) in [6.07, 6.45) is -3.18. The first-order valence-electron chi connectivity index (χ1n) is 10.6. The van der Waals surface area contributed by atoms with Gasteiger partial charge in [-0.2, -0.15) is 13.2 Å². The zero-order valence-corrected chi connectivity index (χ0v) is 19.3. The van der Waals surface area contributed by atoms with E-state index in [1.165, 1.54) is 23.9 Å². The van der Waals surface area contributed by atoms with Crippen molar-refractivity contribution in [2.45, 2.75) is 38.1 Å². The predicted octanol–water partition coefficient (Wildman–Crippen LogP) is 6.42. The minimum Gasteiger partial charge on any atom is -0.481 e. The Kier molecular flexibility index (Phi) is 8.44. The van der Waals surface area contributed by atoms with Crippen LogP contribution in [-0.4, -0.2) is 22.7 Å². The summed E-state index contributed by atoms with van der Waals surface area (Å²) in [6, 6.07) is 13.8. The van der Waals surface area contributed by atoms with Crippen molar-refractivity contribution in [3.63, 3.8) is 0 Å². The van der Waals surface area contributed by atoms with Crippen molar-refractivity contribution in [3.8, 4) is 11.3 Å². The number of carboxylic acids is 1. The third-order valence-corrected chi connectivity index (χ3v) is 6.03. The van der Waals surface area contributed by atoms with E-state index < -0.39 is 17.7 Å². The summed E-state index contributed by atoms with van der Waals surface area (Å²) in [4.78, 5) is 23.1. The first kappa shape index (κ1) is 25.4. The van der Waals surface area contributed by atoms with Crippen molar-refractivity contribution >= 4 is 29.3 Å². The maximum absolute atomic E-state index is 12.8. The largest absolute Gasteiger partial charge is 0.481 e. The lowest BCUT2D eigenvalue weighted by Crippen LogP contribution is -2.12. The number of alkyl halides is 3. The summed E-state index contributed by atoms with van der Waals surface area (Å²) < 4.78 is 44.2. The van der Waals surface area contributed by atoms with E-state index in [0.717, 1.165) is 23.3 Å². The predicted molar refractivity (Wildman–Crippen MR) is 126 cm³/mol. The Morgan fingerprint density at radius 2 is 1.82 bits per heavy atom. The Bertz CT molecular complexity index is 1140. The van der Waals surface area contributed by atoms with Gasteiger partial charge in [0.2, 0.25) is 5.91 Å². The number of aliphatic carboxylic acids is 1. The molecular formula is C25H24F3NO4S. The molecule has 0 unspecified atom stereocenters. The van der Waals surface area contributed by atoms with Gasteiger partial charge in [0.15, 0.2) is 0 Å². The van der Waals surface area contributed by atoms with E-state index in [1.807, 2.05) is 19.1 Å². The lowest BCUT2D eigenvalue weighted by atomic mass is 10.1. The molecule has 9 heteroatoms. The molecule has 0 spiro atoms. The minimum absolute atomic E-state index is 0.00943. The number of furan rings is 1. The van der Waals surface area contributed by atoms with Gasteiger partial charge < -0.3 is 14.8 Å². The summed E-state index contributed by atoms with van der Waals surface area (Å²) in [6.45, 7) is 1.91. The number of carbonyl (C=O) groups is 2. The molecular weight excluding hydrogens is 467 g/mol. The molecule has 0 saturated heterocycles. The molecule has 1 amide bonds. The molecule has 2 N–H and O–H groups in total. The van der Waals surface area contributed by atoms with E-state index in [2.05, 4.69) is 5.32 Å². The Morgan fingerprint density at radius 1 is 1.09 bits per heavy atom. The molecule has 1 heterocycles. The van der Waals surface area contributed by atoms with Crippen molar-refractivity contribution in [2.24, 2.45) is 0 Å². The summed E-state index contributed by atoms with van der Waals surface area (Å²) in [5, 5.41) is 11.6. The third-order valence-electron chi connectivity index (χ3n) is 5.04. The second-order valence-corrected chi connectivity index (χ2v) is 8.61. The maximum atomic E-state index is 12.8. The molecule has 180 valence electrons. The van der Waals surface area contributed by atoms with Crippen molar-refractivity contribution in [2.75, 3.05) is 11.1 Å². The molecule has 34 heavy (non-hydrogen) atoms. The van der Waals surface area contributed by atoms with Crippen LogP contribution in [0.5, 0.6) is 0 Å². The lowest BCUT2D eigenvalue weighted by molar-refractivity contribution is -0.137. The number of rotatable bonds is 10. The number of benzene rings is 2. The van der Waals surface area contributed by atoms with Gasteiger partial charge in [-0.25, -0.2) is 0 Å². The number of carboxylic acid groups (broad SMARTS) is 1. The highest BCUT2D eigenvalue weighted by molar-refractivity contribution is 7.99. The zero-order valence-electron chi connectivity index (χ0n) is 18.4. The third kappa shape index (κ3) is 7.15. The van der Waals surface area contributed by atoms with Gasteiger partial charge in [-0.3, -0.25) is 9.59 Å². The van der Waals surface area contributed by atoms with Crippen molar-refractivity contribution in [3.05, 3.63) is 77.0 Å². The topological polar surface area (TPSA) is 79.5 Å². The number of anilines is 1. The highest BCUT2D eigenvalue weighted by Gasteiger charge is 2.30. The smallest absolute Gasteiger partial charge is 0.416 e. The standard InChI is InChI=1S/C25H24F3NO4S/c1-2-21-18(13-22(33-21)17-6-9-19(10-7-17)25(26,27)28)8-11-23(30)29-20-5-3-4-16(12-20)14-34-15-24(31)32/h3-7,9-10,12-13H,2,8,11,14-15H2,1H3,(H,29,30)(H,31,32). The van der Waals surface area contributed by atoms with Crippen LogP contribution in [0.3, 0.4) is 0 Å². The summed E-state index contributed by atoms with van der Waals surface area (Å²) >= 11 is 1.28. The number of hydrogen-bond acceptors (Lipinski definition) is 4. The number of halogens is 3. The van der Waals surface area contributed by atoms with Gasteiger partial charge in [-0.1, -0.05) is 31.2 Å². The van der Waals surface area contributed by atoms with Crippen molar-refractivity contribution in [1.29, 1.82) is 0 Å². The van der Waals surface area contributed by atoms with Crippen molar-refractivity contribution in [1.82, 2.24) is 0 Å². The number of aryl methyl sites for hydroxylation is 2. The fourth-order valence-electron chi connectivity index (χ4n) is 3.41. The molecule has 0 atom stereocenters. The second kappa shape index (κ2) is 11.3. The van der Waals surface area contributed by atoms with Crippen molar-refractivity contribution < 1.29 is 32.3 Å². The Labute approximate surface area is 199 Å². The molecule has 5 nitrogen and oxygen atoms in total. The average Bonchev–Trinajstić information content (AvgIpc) is 3.20. The van der Waals surface area contributed by atoms with E-state index >= 15 is 0 Å². The maximum Gasteiger partial charge on any atom is 0.416 e. The fraction of sp³-hybridized carbons (Fsp3) is 0.280. The van der Waals surface area contributed by atoms with Gasteiger partial charge >= 0.3 is 12.1 Å². The van der Waals surface area contributed by atoms with Gasteiger partial charge in [0.05, 0.1) is 11.3 Å². The van der Waals surface area contributed by atoms with Gasteiger partial charge in [0.1, 0.15) is 11.5 Å². The molecule has 0 aliphatic rings. The molecule has 0 saturated carbocycles. The van der Waals surface area contributed by atoms with Crippen LogP contribution in [0.15, 0.2) is 59.0 Å². The normalized spacial score (nSPS) is 11.4. The Balaban J connectivity index is 1.60. The number of carbonyl (C=O) groups excluding carboxylic acids is 1. The van der Waals surface area contributed by atoms with Gasteiger partial charge in [-0.15, -0.1) is 11.8 Å². The number of hydrogen-bond donors (Lipinski definition) is 2. The Hall–Kier alpha value is -3.20. The van der Waals surface area contributed by atoms with E-state index in [1.54, 1.807) is 18.2 Å². The second-order valence-electron chi connectivity index (χ2n) is 7.62. The zero-order chi connectivity index (χ0) is 24.7. The number of thioether (sulfide) groups is 1. The SMILES string of the molecule is CCc1oc(-c2ccc(C(F)(F)F)cc2)cc1CCC(=O)Nc1cccc(CSCC(=O)O)c1. The van der Waals surface area contributed by atoms with Gasteiger partial charge in [0, 0.05) is 29.8 Å². The van der Waals surface area contributed by atoms with Crippen LogP contribution in [-0.2, 0) is 34.4 Å². The highest BCUT2D eigenvalue weighted by atomic mass is 32.2. The van der Waals surface area contributed by atoms with Crippen LogP contribution >= 0.6 is 11.8 Å². The van der Waals surface area contributed by atoms with Gasteiger partial charge in [0.25, 0.3) is 0 Å². The monoisotopic (exact) mass is 491 g/mol. The molecule has 2 aromatic carbocycles. The van der Waals surface area contributed by atoms with Crippen LogP contribution in [0.4, 0.5) is 18.9 Å². The van der Waals surface area contributed by atoms with Crippen LogP contribution in [0.1, 0.15) is 35.8 Å². The Morgan fingerprint density at radius 3 is 2.47 bits per heavy atom. The minimum atomic E-state index is -4.40. The molecule has 0 bridgehead atoms. The molecule has 3 rings (SSSR count). The first-order valence-corrected chi connectivity index (χ1v) is 11.8. The fourth-order valence-corrected chi connectivity index (χ4v) is 4.10. The number of amides is 1. The molecule has 0 radical (unpaired) electrons. The quantitative estimate of drug-likeness (QED) is 0.342. The first-order chi connectivity index (χ1) is 16.2. The lowest BCUT2D eigenvalue weighted by Gasteiger charge is -2.07. The van der Waals surface area contributed by atoms with E-state index in [0.29, 0.717) is 41.4 Å². The van der Waals surface area contributed by atoms with Crippen LogP contribution < -0.4 is 5.32 Å². The van der Waals surface area contributed by atoms with Crippen LogP contribution in [0.25, 0.3) is 11.3 Å². The highest BCUT2D eigenvalue weighted by Crippen LogP contribution is 2.32. The molecule has 0 aliphatic heterocycles. The molecule has 0 aliphatic carbocycles. The van der Waals surface area contributed by atoms with Crippen LogP contribution in [0, 0.1) is 0 Å². The molecule has 3 aromatic rings. The molecule has 0 fully saturated rings. The number of nitrogens with one attached hydrogen (secondary N) is 1. The molecule has 1 aromatic heterocycles. The average molecular weight is 492 g/mol. The summed E-state index contributed by atoms with van der Waals surface area (Å²) in [7, 11) is 0.